The average molecular weight is 396 g/mol. The predicted molar refractivity (Wildman–Crippen MR) is 103 cm³/mol. The first-order valence-corrected chi connectivity index (χ1v) is 9.14. The molecule has 148 valence electrons. The highest BCUT2D eigenvalue weighted by Crippen LogP contribution is 2.26. The Labute approximate surface area is 165 Å². The first-order valence-electron chi connectivity index (χ1n) is 9.14. The molecule has 4 rings (SSSR count). The van der Waals surface area contributed by atoms with Gasteiger partial charge in [0.1, 0.15) is 11.5 Å². The highest BCUT2D eigenvalue weighted by molar-refractivity contribution is 5.94. The van der Waals surface area contributed by atoms with Crippen LogP contribution in [-0.4, -0.2) is 21.6 Å². The van der Waals surface area contributed by atoms with Gasteiger partial charge in [-0.3, -0.25) is 9.59 Å². The summed E-state index contributed by atoms with van der Waals surface area (Å²) in [7, 11) is 0. The van der Waals surface area contributed by atoms with Crippen LogP contribution < -0.4 is 10.6 Å². The zero-order valence-electron chi connectivity index (χ0n) is 15.6. The standard InChI is InChI=1S/C21H18F2N4O2/c1-12(13-2-5-18-14(8-13)3-7-20(28)26-18)25-21(29)15-10-24-27(11-15)19-6-4-16(22)9-17(19)23/h2,4-6,8-12H,3,7H2,1H3,(H,25,29)(H,26,28)/t12-/m1/s1. The number of rotatable bonds is 4. The summed E-state index contributed by atoms with van der Waals surface area (Å²) in [6, 6.07) is 8.52. The molecule has 2 aromatic carbocycles. The van der Waals surface area contributed by atoms with Gasteiger partial charge in [-0.25, -0.2) is 13.5 Å². The number of benzene rings is 2. The van der Waals surface area contributed by atoms with E-state index in [0.717, 1.165) is 28.9 Å². The van der Waals surface area contributed by atoms with E-state index in [4.69, 9.17) is 0 Å². The van der Waals surface area contributed by atoms with Crippen LogP contribution in [0.5, 0.6) is 0 Å². The van der Waals surface area contributed by atoms with Crippen LogP contribution in [-0.2, 0) is 11.2 Å². The fourth-order valence-electron chi connectivity index (χ4n) is 3.27. The second-order valence-electron chi connectivity index (χ2n) is 6.93. The normalized spacial score (nSPS) is 14.1. The molecule has 8 heteroatoms. The van der Waals surface area contributed by atoms with E-state index in [1.165, 1.54) is 23.1 Å². The molecule has 0 saturated carbocycles. The average Bonchev–Trinajstić information content (AvgIpc) is 3.17. The Morgan fingerprint density at radius 1 is 1.21 bits per heavy atom. The molecule has 0 saturated heterocycles. The van der Waals surface area contributed by atoms with Gasteiger partial charge in [-0.2, -0.15) is 5.10 Å². The molecule has 1 atom stereocenters. The highest BCUT2D eigenvalue weighted by Gasteiger charge is 2.18. The van der Waals surface area contributed by atoms with E-state index in [-0.39, 0.29) is 29.1 Å². The van der Waals surface area contributed by atoms with Crippen molar-refractivity contribution < 1.29 is 18.4 Å². The van der Waals surface area contributed by atoms with Crippen molar-refractivity contribution in [2.75, 3.05) is 5.32 Å². The van der Waals surface area contributed by atoms with Crippen LogP contribution in [0.2, 0.25) is 0 Å². The molecule has 2 heterocycles. The maximum Gasteiger partial charge on any atom is 0.254 e. The minimum atomic E-state index is -0.769. The molecular formula is C21H18F2N4O2. The number of aromatic nitrogens is 2. The summed E-state index contributed by atoms with van der Waals surface area (Å²) in [6.07, 6.45) is 3.82. The SMILES string of the molecule is C[C@@H](NC(=O)c1cnn(-c2ccc(F)cc2F)c1)c1ccc2c(c1)CCC(=O)N2. The maximum atomic E-state index is 13.9. The van der Waals surface area contributed by atoms with Crippen LogP contribution >= 0.6 is 0 Å². The largest absolute Gasteiger partial charge is 0.345 e. The molecule has 1 aliphatic rings. The fraction of sp³-hybridized carbons (Fsp3) is 0.190. The number of carbonyl (C=O) groups excluding carboxylic acids is 2. The van der Waals surface area contributed by atoms with Crippen molar-refractivity contribution in [3.05, 3.63) is 77.1 Å². The van der Waals surface area contributed by atoms with E-state index in [9.17, 15) is 18.4 Å². The Balaban J connectivity index is 1.48. The number of nitrogens with one attached hydrogen (secondary N) is 2. The minimum Gasteiger partial charge on any atom is -0.345 e. The molecule has 0 spiro atoms. The molecule has 0 unspecified atom stereocenters. The molecule has 29 heavy (non-hydrogen) atoms. The van der Waals surface area contributed by atoms with E-state index in [1.54, 1.807) is 0 Å². The van der Waals surface area contributed by atoms with Crippen molar-refractivity contribution in [1.29, 1.82) is 0 Å². The van der Waals surface area contributed by atoms with E-state index in [1.807, 2.05) is 25.1 Å². The second kappa shape index (κ2) is 7.46. The highest BCUT2D eigenvalue weighted by atomic mass is 19.1. The van der Waals surface area contributed by atoms with Gasteiger partial charge >= 0.3 is 0 Å². The van der Waals surface area contributed by atoms with Crippen molar-refractivity contribution in [3.8, 4) is 5.69 Å². The Kier molecular flexibility index (Phi) is 4.84. The lowest BCUT2D eigenvalue weighted by Crippen LogP contribution is -2.27. The van der Waals surface area contributed by atoms with E-state index < -0.39 is 11.6 Å². The zero-order chi connectivity index (χ0) is 20.5. The van der Waals surface area contributed by atoms with Gasteiger partial charge in [-0.15, -0.1) is 0 Å². The zero-order valence-corrected chi connectivity index (χ0v) is 15.6. The number of amides is 2. The monoisotopic (exact) mass is 396 g/mol. The molecular weight excluding hydrogens is 378 g/mol. The first kappa shape index (κ1) is 18.8. The van der Waals surface area contributed by atoms with E-state index >= 15 is 0 Å². The van der Waals surface area contributed by atoms with E-state index in [0.29, 0.717) is 12.8 Å². The molecule has 0 fully saturated rings. The van der Waals surface area contributed by atoms with Crippen molar-refractivity contribution in [1.82, 2.24) is 15.1 Å². The van der Waals surface area contributed by atoms with Crippen LogP contribution in [0, 0.1) is 11.6 Å². The topological polar surface area (TPSA) is 76.0 Å². The smallest absolute Gasteiger partial charge is 0.254 e. The number of fused-ring (bicyclic) bond motifs is 1. The summed E-state index contributed by atoms with van der Waals surface area (Å²) in [6.45, 7) is 1.85. The minimum absolute atomic E-state index is 0.00112. The van der Waals surface area contributed by atoms with Gasteiger partial charge in [0.05, 0.1) is 17.8 Å². The first-order chi connectivity index (χ1) is 13.9. The second-order valence-corrected chi connectivity index (χ2v) is 6.93. The van der Waals surface area contributed by atoms with Gasteiger partial charge in [-0.1, -0.05) is 12.1 Å². The number of nitrogens with zero attached hydrogens (tertiary/aromatic N) is 2. The summed E-state index contributed by atoms with van der Waals surface area (Å²) in [4.78, 5) is 24.0. The van der Waals surface area contributed by atoms with Gasteiger partial charge < -0.3 is 10.6 Å². The summed E-state index contributed by atoms with van der Waals surface area (Å²) in [5.41, 5.74) is 3.04. The summed E-state index contributed by atoms with van der Waals surface area (Å²) in [5, 5.41) is 9.71. The molecule has 0 radical (unpaired) electrons. The molecule has 2 N–H and O–H groups in total. The lowest BCUT2D eigenvalue weighted by molar-refractivity contribution is -0.116. The third-order valence-electron chi connectivity index (χ3n) is 4.87. The Morgan fingerprint density at radius 3 is 2.83 bits per heavy atom. The molecule has 0 bridgehead atoms. The quantitative estimate of drug-likeness (QED) is 0.709. The number of hydrogen-bond donors (Lipinski definition) is 2. The van der Waals surface area contributed by atoms with Crippen molar-refractivity contribution in [2.24, 2.45) is 0 Å². The van der Waals surface area contributed by atoms with Crippen molar-refractivity contribution in [3.63, 3.8) is 0 Å². The molecule has 1 aliphatic heterocycles. The van der Waals surface area contributed by atoms with Gasteiger partial charge in [0.25, 0.3) is 5.91 Å². The third-order valence-corrected chi connectivity index (χ3v) is 4.87. The Hall–Kier alpha value is -3.55. The molecule has 0 aliphatic carbocycles. The maximum absolute atomic E-state index is 13.9. The van der Waals surface area contributed by atoms with Crippen LogP contribution in [0.15, 0.2) is 48.8 Å². The summed E-state index contributed by atoms with van der Waals surface area (Å²) >= 11 is 0. The van der Waals surface area contributed by atoms with E-state index in [2.05, 4.69) is 15.7 Å². The molecule has 3 aromatic rings. The van der Waals surface area contributed by atoms with Crippen molar-refractivity contribution >= 4 is 17.5 Å². The summed E-state index contributed by atoms with van der Waals surface area (Å²) in [5.74, 6) is -1.82. The van der Waals surface area contributed by atoms with Crippen LogP contribution in [0.3, 0.4) is 0 Å². The lowest BCUT2D eigenvalue weighted by atomic mass is 9.97. The van der Waals surface area contributed by atoms with Gasteiger partial charge in [0, 0.05) is 24.4 Å². The van der Waals surface area contributed by atoms with Gasteiger partial charge in [0.15, 0.2) is 5.82 Å². The number of aryl methyl sites for hydroxylation is 1. The molecule has 2 amide bonds. The number of halogens is 2. The van der Waals surface area contributed by atoms with Gasteiger partial charge in [-0.05, 0) is 42.7 Å². The Morgan fingerprint density at radius 2 is 2.03 bits per heavy atom. The van der Waals surface area contributed by atoms with Crippen LogP contribution in [0.25, 0.3) is 5.69 Å². The van der Waals surface area contributed by atoms with Crippen LogP contribution in [0.1, 0.15) is 40.9 Å². The van der Waals surface area contributed by atoms with Gasteiger partial charge in [0.2, 0.25) is 5.91 Å². The lowest BCUT2D eigenvalue weighted by Gasteiger charge is -2.20. The predicted octanol–water partition coefficient (Wildman–Crippen LogP) is 3.53. The summed E-state index contributed by atoms with van der Waals surface area (Å²) < 4.78 is 28.2. The van der Waals surface area contributed by atoms with Crippen LogP contribution in [0.4, 0.5) is 14.5 Å². The number of anilines is 1. The molecule has 1 aromatic heterocycles. The fourth-order valence-corrected chi connectivity index (χ4v) is 3.27. The number of hydrogen-bond acceptors (Lipinski definition) is 3. The number of carbonyl (C=O) groups is 2. The third kappa shape index (κ3) is 3.87. The Bertz CT molecular complexity index is 1110. The van der Waals surface area contributed by atoms with Crippen molar-refractivity contribution in [2.45, 2.75) is 25.8 Å². The molecule has 6 nitrogen and oxygen atoms in total.